The summed E-state index contributed by atoms with van der Waals surface area (Å²) in [6.07, 6.45) is 3.51. The van der Waals surface area contributed by atoms with Crippen LogP contribution in [0.5, 0.6) is 5.75 Å². The predicted molar refractivity (Wildman–Crippen MR) is 84.0 cm³/mol. The van der Waals surface area contributed by atoms with E-state index in [1.54, 1.807) is 12.1 Å². The molecule has 0 aliphatic carbocycles. The van der Waals surface area contributed by atoms with Gasteiger partial charge in [0, 0.05) is 25.3 Å². The minimum atomic E-state index is 0.00351. The number of nitrogens with one attached hydrogen (secondary N) is 1. The lowest BCUT2D eigenvalue weighted by Crippen LogP contribution is -2.23. The van der Waals surface area contributed by atoms with Gasteiger partial charge in [0.1, 0.15) is 5.75 Å². The van der Waals surface area contributed by atoms with E-state index in [0.29, 0.717) is 42.0 Å². The average Bonchev–Trinajstić information content (AvgIpc) is 2.47. The second kappa shape index (κ2) is 8.25. The summed E-state index contributed by atoms with van der Waals surface area (Å²) in [6, 6.07) is 5.32. The van der Waals surface area contributed by atoms with Crippen LogP contribution in [0.15, 0.2) is 18.2 Å². The Morgan fingerprint density at radius 1 is 1.52 bits per heavy atom. The highest BCUT2D eigenvalue weighted by Crippen LogP contribution is 2.28. The van der Waals surface area contributed by atoms with Crippen molar-refractivity contribution in [3.8, 4) is 5.75 Å². The van der Waals surface area contributed by atoms with Gasteiger partial charge in [0.2, 0.25) is 5.91 Å². The number of hydrogen-bond acceptors (Lipinski definition) is 3. The number of rotatable bonds is 6. The normalized spacial score (nSPS) is 18.3. The topological polar surface area (TPSA) is 47.6 Å². The maximum absolute atomic E-state index is 12.0. The highest BCUT2D eigenvalue weighted by atomic mass is 35.5. The molecule has 4 nitrogen and oxygen atoms in total. The lowest BCUT2D eigenvalue weighted by molar-refractivity contribution is -0.118. The zero-order valence-corrected chi connectivity index (χ0v) is 13.1. The fourth-order valence-corrected chi connectivity index (χ4v) is 2.59. The number of ether oxygens (including phenoxy) is 2. The van der Waals surface area contributed by atoms with Crippen LogP contribution >= 0.6 is 11.6 Å². The van der Waals surface area contributed by atoms with Crippen LogP contribution in [-0.4, -0.2) is 25.7 Å². The molecule has 21 heavy (non-hydrogen) atoms. The Morgan fingerprint density at radius 3 is 3.05 bits per heavy atom. The first-order valence-electron chi connectivity index (χ1n) is 7.49. The zero-order valence-electron chi connectivity index (χ0n) is 12.4. The summed E-state index contributed by atoms with van der Waals surface area (Å²) < 4.78 is 10.9. The second-order valence-corrected chi connectivity index (χ2v) is 5.74. The third kappa shape index (κ3) is 5.21. The van der Waals surface area contributed by atoms with Gasteiger partial charge < -0.3 is 14.8 Å². The van der Waals surface area contributed by atoms with E-state index in [9.17, 15) is 4.79 Å². The van der Waals surface area contributed by atoms with Gasteiger partial charge in [-0.3, -0.25) is 4.79 Å². The van der Waals surface area contributed by atoms with Gasteiger partial charge in [0.05, 0.1) is 11.6 Å². The smallest absolute Gasteiger partial charge is 0.224 e. The standard InChI is InChI=1S/C16H22ClNO3/c1-2-7-21-15-6-5-13(10-14(15)17)18-16(19)9-12-4-3-8-20-11-12/h5-6,10,12H,2-4,7-9,11H2,1H3,(H,18,19). The fraction of sp³-hybridized carbons (Fsp3) is 0.562. The Bertz CT molecular complexity index is 473. The summed E-state index contributed by atoms with van der Waals surface area (Å²) >= 11 is 6.14. The molecule has 1 unspecified atom stereocenters. The summed E-state index contributed by atoms with van der Waals surface area (Å²) in [5.74, 6) is 0.974. The number of carbonyl (C=O) groups is 1. The van der Waals surface area contributed by atoms with E-state index in [0.717, 1.165) is 25.9 Å². The van der Waals surface area contributed by atoms with Crippen LogP contribution < -0.4 is 10.1 Å². The van der Waals surface area contributed by atoms with E-state index < -0.39 is 0 Å². The zero-order chi connectivity index (χ0) is 15.1. The van der Waals surface area contributed by atoms with E-state index in [1.165, 1.54) is 0 Å². The van der Waals surface area contributed by atoms with Crippen molar-refractivity contribution in [2.45, 2.75) is 32.6 Å². The molecule has 1 amide bonds. The number of halogens is 1. The molecule has 2 rings (SSSR count). The number of amides is 1. The highest BCUT2D eigenvalue weighted by Gasteiger charge is 2.17. The third-order valence-corrected chi connectivity index (χ3v) is 3.70. The average molecular weight is 312 g/mol. The molecule has 1 aromatic rings. The summed E-state index contributed by atoms with van der Waals surface area (Å²) in [5.41, 5.74) is 0.700. The van der Waals surface area contributed by atoms with E-state index in [1.807, 2.05) is 13.0 Å². The molecule has 0 spiro atoms. The van der Waals surface area contributed by atoms with Crippen LogP contribution in [0.4, 0.5) is 5.69 Å². The first-order chi connectivity index (χ1) is 10.2. The van der Waals surface area contributed by atoms with Crippen molar-refractivity contribution in [3.63, 3.8) is 0 Å². The summed E-state index contributed by atoms with van der Waals surface area (Å²) in [6.45, 7) is 4.16. The van der Waals surface area contributed by atoms with Crippen LogP contribution in [0.2, 0.25) is 5.02 Å². The highest BCUT2D eigenvalue weighted by molar-refractivity contribution is 6.32. The Morgan fingerprint density at radius 2 is 2.38 bits per heavy atom. The largest absolute Gasteiger partial charge is 0.492 e. The van der Waals surface area contributed by atoms with Gasteiger partial charge in [-0.25, -0.2) is 0 Å². The Hall–Kier alpha value is -1.26. The summed E-state index contributed by atoms with van der Waals surface area (Å²) in [7, 11) is 0. The molecule has 1 aliphatic heterocycles. The van der Waals surface area contributed by atoms with Crippen LogP contribution in [0.25, 0.3) is 0 Å². The van der Waals surface area contributed by atoms with E-state index in [2.05, 4.69) is 5.32 Å². The SMILES string of the molecule is CCCOc1ccc(NC(=O)CC2CCCOC2)cc1Cl. The lowest BCUT2D eigenvalue weighted by Gasteiger charge is -2.21. The molecule has 1 aliphatic rings. The molecule has 1 heterocycles. The van der Waals surface area contributed by atoms with E-state index >= 15 is 0 Å². The van der Waals surface area contributed by atoms with Crippen LogP contribution in [-0.2, 0) is 9.53 Å². The molecule has 0 bridgehead atoms. The molecule has 1 aromatic carbocycles. The van der Waals surface area contributed by atoms with Gasteiger partial charge in [-0.15, -0.1) is 0 Å². The molecule has 1 fully saturated rings. The Balaban J connectivity index is 1.86. The molecule has 116 valence electrons. The van der Waals surface area contributed by atoms with E-state index in [4.69, 9.17) is 21.1 Å². The summed E-state index contributed by atoms with van der Waals surface area (Å²) in [4.78, 5) is 12.0. The van der Waals surface area contributed by atoms with Gasteiger partial charge >= 0.3 is 0 Å². The number of hydrogen-bond donors (Lipinski definition) is 1. The molecule has 5 heteroatoms. The molecule has 1 N–H and O–H groups in total. The Labute approximate surface area is 130 Å². The van der Waals surface area contributed by atoms with Crippen molar-refractivity contribution in [2.24, 2.45) is 5.92 Å². The van der Waals surface area contributed by atoms with Crippen molar-refractivity contribution in [1.29, 1.82) is 0 Å². The number of benzene rings is 1. The monoisotopic (exact) mass is 311 g/mol. The minimum Gasteiger partial charge on any atom is -0.492 e. The lowest BCUT2D eigenvalue weighted by atomic mass is 9.98. The molecule has 1 saturated heterocycles. The van der Waals surface area contributed by atoms with Gasteiger partial charge in [-0.05, 0) is 43.4 Å². The number of anilines is 1. The first-order valence-corrected chi connectivity index (χ1v) is 7.86. The fourth-order valence-electron chi connectivity index (χ4n) is 2.35. The molecular formula is C16H22ClNO3. The molecule has 0 saturated carbocycles. The van der Waals surface area contributed by atoms with Crippen molar-refractivity contribution in [1.82, 2.24) is 0 Å². The van der Waals surface area contributed by atoms with Gasteiger partial charge in [-0.1, -0.05) is 18.5 Å². The Kier molecular flexibility index (Phi) is 6.33. The molecular weight excluding hydrogens is 290 g/mol. The van der Waals surface area contributed by atoms with Gasteiger partial charge in [0.15, 0.2) is 0 Å². The van der Waals surface area contributed by atoms with Crippen molar-refractivity contribution in [2.75, 3.05) is 25.1 Å². The van der Waals surface area contributed by atoms with E-state index in [-0.39, 0.29) is 5.91 Å². The van der Waals surface area contributed by atoms with Crippen LogP contribution in [0.3, 0.4) is 0 Å². The molecule has 0 radical (unpaired) electrons. The number of carbonyl (C=O) groups excluding carboxylic acids is 1. The minimum absolute atomic E-state index is 0.00351. The van der Waals surface area contributed by atoms with Gasteiger partial charge in [0.25, 0.3) is 0 Å². The maximum atomic E-state index is 12.0. The third-order valence-electron chi connectivity index (χ3n) is 3.41. The maximum Gasteiger partial charge on any atom is 0.224 e. The van der Waals surface area contributed by atoms with Crippen molar-refractivity contribution in [3.05, 3.63) is 23.2 Å². The first kappa shape index (κ1) is 16.1. The van der Waals surface area contributed by atoms with Gasteiger partial charge in [-0.2, -0.15) is 0 Å². The predicted octanol–water partition coefficient (Wildman–Crippen LogP) is 3.88. The second-order valence-electron chi connectivity index (χ2n) is 5.33. The van der Waals surface area contributed by atoms with Crippen molar-refractivity contribution < 1.29 is 14.3 Å². The summed E-state index contributed by atoms with van der Waals surface area (Å²) in [5, 5.41) is 3.39. The quantitative estimate of drug-likeness (QED) is 0.867. The van der Waals surface area contributed by atoms with Crippen LogP contribution in [0.1, 0.15) is 32.6 Å². The van der Waals surface area contributed by atoms with Crippen LogP contribution in [0, 0.1) is 5.92 Å². The van der Waals surface area contributed by atoms with Crippen molar-refractivity contribution >= 4 is 23.2 Å². The molecule has 1 atom stereocenters. The molecule has 0 aromatic heterocycles.